The maximum Gasteiger partial charge on any atom is 0.193 e. The summed E-state index contributed by atoms with van der Waals surface area (Å²) in [4.78, 5) is 7.00. The molecule has 0 bridgehead atoms. The molecule has 0 spiro atoms. The van der Waals surface area contributed by atoms with Crippen LogP contribution in [0.5, 0.6) is 0 Å². The van der Waals surface area contributed by atoms with Gasteiger partial charge in [-0.25, -0.2) is 0 Å². The first kappa shape index (κ1) is 18.2. The predicted octanol–water partition coefficient (Wildman–Crippen LogP) is 2.34. The second-order valence-electron chi connectivity index (χ2n) is 7.48. The molecule has 25 heavy (non-hydrogen) atoms. The topological polar surface area (TPSA) is 54.7 Å². The Morgan fingerprint density at radius 3 is 2.52 bits per heavy atom. The maximum absolute atomic E-state index is 5.18. The van der Waals surface area contributed by atoms with Gasteiger partial charge in [0.05, 0.1) is 18.8 Å². The molecule has 0 aromatic carbocycles. The highest BCUT2D eigenvalue weighted by molar-refractivity contribution is 5.80. The standard InChI is InChI=1S/C19H33N5O/c1-14-18(15(2)24(22-14)9-10-25-4)11-21-19(20-3)23-12-16-7-5-6-8-17(16)13-23/h16-17H,5-13H2,1-4H3,(H,20,21). The molecule has 140 valence electrons. The number of guanidine groups is 1. The molecule has 6 heteroatoms. The average molecular weight is 348 g/mol. The molecular formula is C19H33N5O. The summed E-state index contributed by atoms with van der Waals surface area (Å²) in [6, 6.07) is 0. The molecule has 0 radical (unpaired) electrons. The van der Waals surface area contributed by atoms with Crippen LogP contribution in [0.15, 0.2) is 4.99 Å². The highest BCUT2D eigenvalue weighted by Gasteiger charge is 2.35. The van der Waals surface area contributed by atoms with Crippen LogP contribution in [-0.4, -0.2) is 54.5 Å². The Hall–Kier alpha value is -1.56. The highest BCUT2D eigenvalue weighted by atomic mass is 16.5. The third kappa shape index (κ3) is 4.00. The zero-order valence-electron chi connectivity index (χ0n) is 16.2. The average Bonchev–Trinajstić information content (AvgIpc) is 3.16. The molecule has 0 amide bonds. The van der Waals surface area contributed by atoms with Gasteiger partial charge in [0.2, 0.25) is 0 Å². The van der Waals surface area contributed by atoms with Gasteiger partial charge in [0.25, 0.3) is 0 Å². The molecule has 1 aromatic heterocycles. The molecule has 1 aliphatic carbocycles. The molecule has 2 atom stereocenters. The second-order valence-corrected chi connectivity index (χ2v) is 7.48. The molecular weight excluding hydrogens is 314 g/mol. The number of fused-ring (bicyclic) bond motifs is 1. The van der Waals surface area contributed by atoms with Gasteiger partial charge >= 0.3 is 0 Å². The molecule has 1 saturated carbocycles. The number of nitrogens with zero attached hydrogens (tertiary/aromatic N) is 4. The summed E-state index contributed by atoms with van der Waals surface area (Å²) in [5.41, 5.74) is 3.58. The van der Waals surface area contributed by atoms with Gasteiger partial charge in [0.1, 0.15) is 0 Å². The lowest BCUT2D eigenvalue weighted by atomic mass is 9.82. The van der Waals surface area contributed by atoms with E-state index in [1.54, 1.807) is 7.11 Å². The van der Waals surface area contributed by atoms with Crippen molar-refractivity contribution in [2.24, 2.45) is 16.8 Å². The van der Waals surface area contributed by atoms with E-state index in [-0.39, 0.29) is 0 Å². The Morgan fingerprint density at radius 2 is 1.92 bits per heavy atom. The van der Waals surface area contributed by atoms with Gasteiger partial charge in [-0.1, -0.05) is 12.8 Å². The summed E-state index contributed by atoms with van der Waals surface area (Å²) in [6.45, 7) is 8.81. The lowest BCUT2D eigenvalue weighted by molar-refractivity contribution is 0.182. The van der Waals surface area contributed by atoms with Crippen LogP contribution < -0.4 is 5.32 Å². The van der Waals surface area contributed by atoms with Gasteiger partial charge < -0.3 is 15.0 Å². The molecule has 1 N–H and O–H groups in total. The quantitative estimate of drug-likeness (QED) is 0.656. The molecule has 2 fully saturated rings. The van der Waals surface area contributed by atoms with Crippen molar-refractivity contribution in [2.75, 3.05) is 33.9 Å². The fourth-order valence-corrected chi connectivity index (χ4v) is 4.46. The Balaban J connectivity index is 1.61. The number of methoxy groups -OCH3 is 1. The summed E-state index contributed by atoms with van der Waals surface area (Å²) in [7, 11) is 3.62. The Bertz CT molecular complexity index is 595. The fourth-order valence-electron chi connectivity index (χ4n) is 4.46. The summed E-state index contributed by atoms with van der Waals surface area (Å²) in [5, 5.41) is 8.23. The third-order valence-electron chi connectivity index (χ3n) is 5.95. The van der Waals surface area contributed by atoms with Crippen LogP contribution in [0.3, 0.4) is 0 Å². The van der Waals surface area contributed by atoms with Gasteiger partial charge in [-0.05, 0) is 38.5 Å². The number of nitrogens with one attached hydrogen (secondary N) is 1. The van der Waals surface area contributed by atoms with E-state index in [1.165, 1.54) is 36.9 Å². The van der Waals surface area contributed by atoms with Crippen molar-refractivity contribution in [1.29, 1.82) is 0 Å². The molecule has 1 saturated heterocycles. The number of ether oxygens (including phenoxy) is 1. The number of aryl methyl sites for hydroxylation is 1. The van der Waals surface area contributed by atoms with Crippen LogP contribution in [-0.2, 0) is 17.8 Å². The molecule has 3 rings (SSSR count). The number of aliphatic imine (C=N–C) groups is 1. The second kappa shape index (κ2) is 8.21. The molecule has 1 aromatic rings. The zero-order chi connectivity index (χ0) is 17.8. The number of hydrogen-bond donors (Lipinski definition) is 1. The van der Waals surface area contributed by atoms with E-state index >= 15 is 0 Å². The Labute approximate surface area is 151 Å². The number of rotatable bonds is 5. The minimum absolute atomic E-state index is 0.688. The van der Waals surface area contributed by atoms with Crippen LogP contribution in [0.25, 0.3) is 0 Å². The van der Waals surface area contributed by atoms with Crippen molar-refractivity contribution in [2.45, 2.75) is 52.6 Å². The molecule has 6 nitrogen and oxygen atoms in total. The molecule has 1 aliphatic heterocycles. The van der Waals surface area contributed by atoms with E-state index in [0.29, 0.717) is 6.61 Å². The van der Waals surface area contributed by atoms with E-state index in [9.17, 15) is 0 Å². The summed E-state index contributed by atoms with van der Waals surface area (Å²) in [6.07, 6.45) is 5.59. The van der Waals surface area contributed by atoms with Gasteiger partial charge in [-0.15, -0.1) is 0 Å². The van der Waals surface area contributed by atoms with Gasteiger partial charge in [0.15, 0.2) is 5.96 Å². The first-order valence-electron chi connectivity index (χ1n) is 9.61. The van der Waals surface area contributed by atoms with Crippen molar-refractivity contribution in [3.8, 4) is 0 Å². The van der Waals surface area contributed by atoms with Crippen LogP contribution in [0, 0.1) is 25.7 Å². The summed E-state index contributed by atoms with van der Waals surface area (Å²) in [5.74, 6) is 2.78. The van der Waals surface area contributed by atoms with Crippen molar-refractivity contribution < 1.29 is 4.74 Å². The molecule has 2 heterocycles. The summed E-state index contributed by atoms with van der Waals surface area (Å²) < 4.78 is 7.22. The normalized spacial score (nSPS) is 23.8. The van der Waals surface area contributed by atoms with Crippen LogP contribution >= 0.6 is 0 Å². The molecule has 2 unspecified atom stereocenters. The van der Waals surface area contributed by atoms with E-state index in [0.717, 1.165) is 49.7 Å². The predicted molar refractivity (Wildman–Crippen MR) is 101 cm³/mol. The number of aromatic nitrogens is 2. The minimum Gasteiger partial charge on any atom is -0.383 e. The van der Waals surface area contributed by atoms with Gasteiger partial charge in [-0.2, -0.15) is 5.10 Å². The first-order chi connectivity index (χ1) is 12.1. The smallest absolute Gasteiger partial charge is 0.193 e. The molecule has 2 aliphatic rings. The monoisotopic (exact) mass is 347 g/mol. The van der Waals surface area contributed by atoms with E-state index < -0.39 is 0 Å². The van der Waals surface area contributed by atoms with Crippen molar-refractivity contribution in [3.05, 3.63) is 17.0 Å². The SMILES string of the molecule is CN=C(NCc1c(C)nn(CCOC)c1C)N1CC2CCCCC2C1. The van der Waals surface area contributed by atoms with Crippen molar-refractivity contribution in [1.82, 2.24) is 20.0 Å². The van der Waals surface area contributed by atoms with E-state index in [2.05, 4.69) is 34.2 Å². The van der Waals surface area contributed by atoms with E-state index in [1.807, 2.05) is 11.7 Å². The lowest BCUT2D eigenvalue weighted by Crippen LogP contribution is -2.40. The first-order valence-corrected chi connectivity index (χ1v) is 9.61. The minimum atomic E-state index is 0.688. The van der Waals surface area contributed by atoms with Crippen molar-refractivity contribution >= 4 is 5.96 Å². The largest absolute Gasteiger partial charge is 0.383 e. The van der Waals surface area contributed by atoms with Crippen LogP contribution in [0.1, 0.15) is 42.6 Å². The zero-order valence-corrected chi connectivity index (χ0v) is 16.2. The Morgan fingerprint density at radius 1 is 1.24 bits per heavy atom. The highest BCUT2D eigenvalue weighted by Crippen LogP contribution is 2.35. The van der Waals surface area contributed by atoms with Crippen molar-refractivity contribution in [3.63, 3.8) is 0 Å². The van der Waals surface area contributed by atoms with Crippen LogP contribution in [0.4, 0.5) is 0 Å². The van der Waals surface area contributed by atoms with Gasteiger partial charge in [0, 0.05) is 45.0 Å². The van der Waals surface area contributed by atoms with E-state index in [4.69, 9.17) is 4.74 Å². The van der Waals surface area contributed by atoms with Gasteiger partial charge in [-0.3, -0.25) is 9.67 Å². The number of hydrogen-bond acceptors (Lipinski definition) is 3. The fraction of sp³-hybridized carbons (Fsp3) is 0.789. The third-order valence-corrected chi connectivity index (χ3v) is 5.95. The summed E-state index contributed by atoms with van der Waals surface area (Å²) >= 11 is 0. The number of likely N-dealkylation sites (tertiary alicyclic amines) is 1. The van der Waals surface area contributed by atoms with Crippen LogP contribution in [0.2, 0.25) is 0 Å². The Kier molecular flexibility index (Phi) is 5.99. The lowest BCUT2D eigenvalue weighted by Gasteiger charge is -2.22. The maximum atomic E-state index is 5.18.